The minimum atomic E-state index is -0.172. The minimum Gasteiger partial charge on any atom is -0.349 e. The molecule has 1 aliphatic carbocycles. The molecule has 5 nitrogen and oxygen atoms in total. The summed E-state index contributed by atoms with van der Waals surface area (Å²) in [7, 11) is 1.75. The van der Waals surface area contributed by atoms with E-state index in [-0.39, 0.29) is 23.9 Å². The lowest BCUT2D eigenvalue weighted by atomic mass is 9.78. The van der Waals surface area contributed by atoms with Crippen molar-refractivity contribution in [1.29, 1.82) is 0 Å². The molecule has 2 rings (SSSR count). The van der Waals surface area contributed by atoms with Crippen LogP contribution in [0.25, 0.3) is 0 Å². The quantitative estimate of drug-likeness (QED) is 0.811. The molecule has 0 aromatic carbocycles. The normalized spacial score (nSPS) is 17.1. The highest BCUT2D eigenvalue weighted by Gasteiger charge is 2.32. The van der Waals surface area contributed by atoms with Gasteiger partial charge in [-0.25, -0.2) is 0 Å². The maximum atomic E-state index is 11.7. The molecule has 1 amide bonds. The zero-order chi connectivity index (χ0) is 10.9. The van der Waals surface area contributed by atoms with Crippen molar-refractivity contribution >= 4 is 18.3 Å². The maximum absolute atomic E-state index is 11.7. The fourth-order valence-electron chi connectivity index (χ4n) is 1.75. The van der Waals surface area contributed by atoms with E-state index in [4.69, 9.17) is 5.73 Å². The number of nitrogens with zero attached hydrogens (tertiary/aromatic N) is 2. The molecule has 0 spiro atoms. The molecule has 1 aromatic rings. The minimum absolute atomic E-state index is 0. The van der Waals surface area contributed by atoms with E-state index in [0.717, 1.165) is 19.3 Å². The van der Waals surface area contributed by atoms with Crippen LogP contribution in [0.2, 0.25) is 0 Å². The van der Waals surface area contributed by atoms with E-state index < -0.39 is 0 Å². The van der Waals surface area contributed by atoms with Gasteiger partial charge in [0.25, 0.3) is 5.91 Å². The number of amides is 1. The Bertz CT molecular complexity index is 373. The number of aryl methyl sites for hydroxylation is 1. The topological polar surface area (TPSA) is 72.9 Å². The molecule has 3 N–H and O–H groups in total. The Hall–Kier alpha value is -1.07. The summed E-state index contributed by atoms with van der Waals surface area (Å²) in [6.45, 7) is 0.553. The fourth-order valence-corrected chi connectivity index (χ4v) is 1.75. The van der Waals surface area contributed by atoms with Gasteiger partial charge in [0, 0.05) is 25.3 Å². The number of hydrogen-bond donors (Lipinski definition) is 2. The second kappa shape index (κ2) is 4.84. The molecule has 1 saturated carbocycles. The number of aromatic nitrogens is 2. The first-order valence-electron chi connectivity index (χ1n) is 5.16. The Labute approximate surface area is 101 Å². The fraction of sp³-hybridized carbons (Fsp3) is 0.600. The van der Waals surface area contributed by atoms with Gasteiger partial charge in [0.05, 0.1) is 0 Å². The van der Waals surface area contributed by atoms with Gasteiger partial charge in [0.2, 0.25) is 0 Å². The third-order valence-electron chi connectivity index (χ3n) is 3.00. The third kappa shape index (κ3) is 2.54. The summed E-state index contributed by atoms with van der Waals surface area (Å²) in [6, 6.07) is 1.69. The van der Waals surface area contributed by atoms with Crippen molar-refractivity contribution in [3.63, 3.8) is 0 Å². The predicted molar refractivity (Wildman–Crippen MR) is 63.6 cm³/mol. The van der Waals surface area contributed by atoms with E-state index in [1.54, 1.807) is 24.0 Å². The molecule has 0 bridgehead atoms. The average Bonchev–Trinajstić information content (AvgIpc) is 2.58. The Morgan fingerprint density at radius 2 is 2.38 bits per heavy atom. The van der Waals surface area contributed by atoms with Gasteiger partial charge in [-0.15, -0.1) is 12.4 Å². The molecule has 16 heavy (non-hydrogen) atoms. The van der Waals surface area contributed by atoms with Crippen LogP contribution in [-0.2, 0) is 7.05 Å². The van der Waals surface area contributed by atoms with Crippen LogP contribution >= 0.6 is 12.4 Å². The number of rotatable bonds is 3. The number of carbonyl (C=O) groups is 1. The Balaban J connectivity index is 0.00000128. The zero-order valence-corrected chi connectivity index (χ0v) is 10.1. The van der Waals surface area contributed by atoms with E-state index in [0.29, 0.717) is 12.2 Å². The Morgan fingerprint density at radius 3 is 2.81 bits per heavy atom. The van der Waals surface area contributed by atoms with Crippen LogP contribution in [0.15, 0.2) is 12.3 Å². The molecule has 1 fully saturated rings. The number of carbonyl (C=O) groups excluding carboxylic acids is 1. The molecule has 1 aromatic heterocycles. The summed E-state index contributed by atoms with van der Waals surface area (Å²) in [5.74, 6) is -0.105. The lowest BCUT2D eigenvalue weighted by molar-refractivity contribution is 0.0920. The summed E-state index contributed by atoms with van der Waals surface area (Å²) in [6.07, 6.45) is 4.77. The number of nitrogens with two attached hydrogens (primary N) is 1. The second-order valence-electron chi connectivity index (χ2n) is 4.24. The van der Waals surface area contributed by atoms with Crippen LogP contribution < -0.4 is 11.1 Å². The highest BCUT2D eigenvalue weighted by Crippen LogP contribution is 2.28. The summed E-state index contributed by atoms with van der Waals surface area (Å²) in [4.78, 5) is 11.7. The molecule has 90 valence electrons. The summed E-state index contributed by atoms with van der Waals surface area (Å²) in [5.41, 5.74) is 6.40. The largest absolute Gasteiger partial charge is 0.349 e. The van der Waals surface area contributed by atoms with Gasteiger partial charge in [0.1, 0.15) is 5.69 Å². The molecule has 0 atom stereocenters. The first-order chi connectivity index (χ1) is 7.11. The van der Waals surface area contributed by atoms with E-state index in [2.05, 4.69) is 10.4 Å². The molecule has 0 saturated heterocycles. The van der Waals surface area contributed by atoms with Crippen LogP contribution in [0.1, 0.15) is 29.8 Å². The van der Waals surface area contributed by atoms with Crippen molar-refractivity contribution in [2.75, 3.05) is 6.54 Å². The first kappa shape index (κ1) is 13.0. The lowest BCUT2D eigenvalue weighted by Gasteiger charge is -2.38. The van der Waals surface area contributed by atoms with E-state index >= 15 is 0 Å². The van der Waals surface area contributed by atoms with Crippen LogP contribution in [0.4, 0.5) is 0 Å². The van der Waals surface area contributed by atoms with Crippen molar-refractivity contribution < 1.29 is 4.79 Å². The monoisotopic (exact) mass is 244 g/mol. The molecular formula is C10H17ClN4O. The average molecular weight is 245 g/mol. The predicted octanol–water partition coefficient (Wildman–Crippen LogP) is 0.453. The van der Waals surface area contributed by atoms with Gasteiger partial charge in [-0.3, -0.25) is 9.48 Å². The Kier molecular flexibility index (Phi) is 3.93. The first-order valence-corrected chi connectivity index (χ1v) is 5.16. The van der Waals surface area contributed by atoms with Crippen molar-refractivity contribution in [1.82, 2.24) is 15.1 Å². The van der Waals surface area contributed by atoms with Crippen molar-refractivity contribution in [3.05, 3.63) is 18.0 Å². The van der Waals surface area contributed by atoms with Gasteiger partial charge < -0.3 is 11.1 Å². The number of nitrogens with one attached hydrogen (secondary N) is 1. The maximum Gasteiger partial charge on any atom is 0.269 e. The smallest absolute Gasteiger partial charge is 0.269 e. The van der Waals surface area contributed by atoms with Gasteiger partial charge in [-0.05, 0) is 25.3 Å². The van der Waals surface area contributed by atoms with Crippen LogP contribution in [0.5, 0.6) is 0 Å². The standard InChI is InChI=1S/C10H16N4O.ClH/c1-14-8(3-6-13-14)9(15)12-7-10(11)4-2-5-10;/h3,6H,2,4-5,7,11H2,1H3,(H,12,15);1H. The second-order valence-corrected chi connectivity index (χ2v) is 4.24. The van der Waals surface area contributed by atoms with Gasteiger partial charge in [-0.2, -0.15) is 5.10 Å². The summed E-state index contributed by atoms with van der Waals surface area (Å²) >= 11 is 0. The lowest BCUT2D eigenvalue weighted by Crippen LogP contribution is -2.55. The number of hydrogen-bond acceptors (Lipinski definition) is 3. The summed E-state index contributed by atoms with van der Waals surface area (Å²) < 4.78 is 1.55. The molecule has 1 aliphatic rings. The van der Waals surface area contributed by atoms with Crippen molar-refractivity contribution in [3.8, 4) is 0 Å². The zero-order valence-electron chi connectivity index (χ0n) is 9.27. The van der Waals surface area contributed by atoms with Crippen LogP contribution in [-0.4, -0.2) is 27.8 Å². The van der Waals surface area contributed by atoms with Gasteiger partial charge in [-0.1, -0.05) is 0 Å². The van der Waals surface area contributed by atoms with Gasteiger partial charge in [0.15, 0.2) is 0 Å². The van der Waals surface area contributed by atoms with Crippen molar-refractivity contribution in [2.24, 2.45) is 12.8 Å². The molecule has 1 heterocycles. The molecule has 6 heteroatoms. The highest BCUT2D eigenvalue weighted by atomic mass is 35.5. The number of halogens is 1. The van der Waals surface area contributed by atoms with E-state index in [9.17, 15) is 4.79 Å². The molecule has 0 aliphatic heterocycles. The molecule has 0 unspecified atom stereocenters. The van der Waals surface area contributed by atoms with Crippen LogP contribution in [0, 0.1) is 0 Å². The van der Waals surface area contributed by atoms with E-state index in [1.165, 1.54) is 0 Å². The highest BCUT2D eigenvalue weighted by molar-refractivity contribution is 5.92. The SMILES string of the molecule is Cl.Cn1nccc1C(=O)NCC1(N)CCC1. The van der Waals surface area contributed by atoms with Crippen LogP contribution in [0.3, 0.4) is 0 Å². The van der Waals surface area contributed by atoms with E-state index in [1.807, 2.05) is 0 Å². The van der Waals surface area contributed by atoms with Crippen molar-refractivity contribution in [2.45, 2.75) is 24.8 Å². The Morgan fingerprint density at radius 1 is 1.69 bits per heavy atom. The van der Waals surface area contributed by atoms with Gasteiger partial charge >= 0.3 is 0 Å². The summed E-state index contributed by atoms with van der Waals surface area (Å²) in [5, 5.41) is 6.78. The molecular weight excluding hydrogens is 228 g/mol. The molecule has 0 radical (unpaired) electrons. The third-order valence-corrected chi connectivity index (χ3v) is 3.00.